The lowest BCUT2D eigenvalue weighted by molar-refractivity contribution is 0.0695. The van der Waals surface area contributed by atoms with E-state index in [9.17, 15) is 4.79 Å². The van der Waals surface area contributed by atoms with Gasteiger partial charge in [-0.1, -0.05) is 0 Å². The number of aromatic carboxylic acids is 1. The topological polar surface area (TPSA) is 68.7 Å². The van der Waals surface area contributed by atoms with Gasteiger partial charge in [-0.2, -0.15) is 0 Å². The lowest BCUT2D eigenvalue weighted by Gasteiger charge is -2.32. The summed E-state index contributed by atoms with van der Waals surface area (Å²) in [5.41, 5.74) is 3.99. The third kappa shape index (κ3) is 2.96. The van der Waals surface area contributed by atoms with E-state index in [0.29, 0.717) is 11.5 Å². The number of hydrazine groups is 1. The van der Waals surface area contributed by atoms with Crippen molar-refractivity contribution in [2.75, 3.05) is 38.7 Å². The minimum Gasteiger partial charge on any atom is -0.478 e. The summed E-state index contributed by atoms with van der Waals surface area (Å²) in [6.07, 6.45) is 0. The number of carbonyl (C=O) groups is 1. The average Bonchev–Trinajstić information content (AvgIpc) is 2.32. The predicted octanol–water partition coefficient (Wildman–Crippen LogP) is 0.663. The van der Waals surface area contributed by atoms with E-state index >= 15 is 0 Å². The molecule has 1 aromatic heterocycles. The van der Waals surface area contributed by atoms with Gasteiger partial charge in [0.25, 0.3) is 0 Å². The Hall–Kier alpha value is -1.66. The van der Waals surface area contributed by atoms with Crippen molar-refractivity contribution in [2.45, 2.75) is 6.92 Å². The van der Waals surface area contributed by atoms with Gasteiger partial charge in [0.05, 0.1) is 11.3 Å². The molecule has 6 nitrogen and oxygen atoms in total. The highest BCUT2D eigenvalue weighted by atomic mass is 16.4. The van der Waals surface area contributed by atoms with Crippen LogP contribution in [0.15, 0.2) is 12.1 Å². The number of carboxylic acid groups (broad SMARTS) is 1. The molecule has 1 saturated heterocycles. The normalized spacial score (nSPS) is 17.7. The van der Waals surface area contributed by atoms with Crippen LogP contribution in [0.25, 0.3) is 0 Å². The first-order valence-corrected chi connectivity index (χ1v) is 5.97. The van der Waals surface area contributed by atoms with Crippen LogP contribution >= 0.6 is 0 Å². The Bertz CT molecular complexity index is 442. The quantitative estimate of drug-likeness (QED) is 0.821. The predicted molar refractivity (Wildman–Crippen MR) is 68.6 cm³/mol. The van der Waals surface area contributed by atoms with E-state index < -0.39 is 5.97 Å². The summed E-state index contributed by atoms with van der Waals surface area (Å²) >= 11 is 0. The van der Waals surface area contributed by atoms with Crippen molar-refractivity contribution in [3.8, 4) is 0 Å². The number of nitrogens with zero attached hydrogens (tertiary/aromatic N) is 3. The highest BCUT2D eigenvalue weighted by Crippen LogP contribution is 2.12. The van der Waals surface area contributed by atoms with Crippen molar-refractivity contribution in [1.82, 2.24) is 14.9 Å². The standard InChI is InChI=1S/C12H18N4O2/c1-9-10(12(17)18)3-4-11(13-9)14-16-7-5-15(2)6-8-16/h3-4H,5-8H2,1-2H3,(H,13,14)(H,17,18). The number of aryl methyl sites for hydroxylation is 1. The zero-order valence-corrected chi connectivity index (χ0v) is 10.7. The summed E-state index contributed by atoms with van der Waals surface area (Å²) in [4.78, 5) is 17.4. The maximum Gasteiger partial charge on any atom is 0.337 e. The minimum atomic E-state index is -0.939. The molecule has 0 aliphatic carbocycles. The van der Waals surface area contributed by atoms with Gasteiger partial charge in [-0.25, -0.2) is 14.8 Å². The molecule has 0 unspecified atom stereocenters. The lowest BCUT2D eigenvalue weighted by atomic mass is 10.2. The largest absolute Gasteiger partial charge is 0.478 e. The molecule has 0 bridgehead atoms. The summed E-state index contributed by atoms with van der Waals surface area (Å²) in [5, 5.41) is 11.0. The second-order valence-electron chi connectivity index (χ2n) is 4.54. The van der Waals surface area contributed by atoms with Crippen molar-refractivity contribution in [3.05, 3.63) is 23.4 Å². The summed E-state index contributed by atoms with van der Waals surface area (Å²) in [6.45, 7) is 5.59. The number of carboxylic acids is 1. The zero-order valence-electron chi connectivity index (χ0n) is 10.7. The molecule has 1 aliphatic heterocycles. The number of hydrogen-bond donors (Lipinski definition) is 2. The highest BCUT2D eigenvalue weighted by Gasteiger charge is 2.14. The van der Waals surface area contributed by atoms with Gasteiger partial charge >= 0.3 is 5.97 Å². The first-order valence-electron chi connectivity index (χ1n) is 5.97. The van der Waals surface area contributed by atoms with Crippen LogP contribution in [-0.4, -0.2) is 59.2 Å². The second kappa shape index (κ2) is 5.32. The highest BCUT2D eigenvalue weighted by molar-refractivity contribution is 5.88. The van der Waals surface area contributed by atoms with Crippen LogP contribution in [0.5, 0.6) is 0 Å². The minimum absolute atomic E-state index is 0.249. The Kier molecular flexibility index (Phi) is 3.78. The van der Waals surface area contributed by atoms with Crippen LogP contribution in [0.4, 0.5) is 5.82 Å². The number of nitrogens with one attached hydrogen (secondary N) is 1. The Morgan fingerprint density at radius 2 is 2.00 bits per heavy atom. The maximum absolute atomic E-state index is 10.9. The second-order valence-corrected chi connectivity index (χ2v) is 4.54. The molecule has 6 heteroatoms. The van der Waals surface area contributed by atoms with Gasteiger partial charge in [0.1, 0.15) is 5.82 Å². The van der Waals surface area contributed by atoms with E-state index in [1.165, 1.54) is 0 Å². The number of rotatable bonds is 3. The van der Waals surface area contributed by atoms with Crippen LogP contribution in [0, 0.1) is 6.92 Å². The average molecular weight is 250 g/mol. The van der Waals surface area contributed by atoms with Crippen molar-refractivity contribution < 1.29 is 9.90 Å². The molecule has 2 rings (SSSR count). The SMILES string of the molecule is Cc1nc(NN2CCN(C)CC2)ccc1C(=O)O. The Morgan fingerprint density at radius 1 is 1.33 bits per heavy atom. The number of likely N-dealkylation sites (N-methyl/N-ethyl adjacent to an activating group) is 1. The zero-order chi connectivity index (χ0) is 13.1. The van der Waals surface area contributed by atoms with Crippen molar-refractivity contribution in [1.29, 1.82) is 0 Å². The van der Waals surface area contributed by atoms with E-state index in [1.807, 2.05) is 0 Å². The molecule has 2 heterocycles. The first-order chi connectivity index (χ1) is 8.56. The number of aromatic nitrogens is 1. The number of anilines is 1. The first kappa shape index (κ1) is 12.8. The van der Waals surface area contributed by atoms with Crippen molar-refractivity contribution in [2.24, 2.45) is 0 Å². The molecule has 1 aliphatic rings. The fraction of sp³-hybridized carbons (Fsp3) is 0.500. The molecule has 1 fully saturated rings. The van der Waals surface area contributed by atoms with Crippen LogP contribution in [-0.2, 0) is 0 Å². The Balaban J connectivity index is 2.02. The molecule has 2 N–H and O–H groups in total. The van der Waals surface area contributed by atoms with E-state index in [0.717, 1.165) is 26.2 Å². The van der Waals surface area contributed by atoms with Gasteiger partial charge in [0.2, 0.25) is 0 Å². The summed E-state index contributed by atoms with van der Waals surface area (Å²) < 4.78 is 0. The molecule has 0 aromatic carbocycles. The monoisotopic (exact) mass is 250 g/mol. The van der Waals surface area contributed by atoms with Gasteiger partial charge in [-0.05, 0) is 26.1 Å². The summed E-state index contributed by atoms with van der Waals surface area (Å²) in [7, 11) is 2.10. The summed E-state index contributed by atoms with van der Waals surface area (Å²) in [6, 6.07) is 3.29. The van der Waals surface area contributed by atoms with Crippen LogP contribution in [0.3, 0.4) is 0 Å². The van der Waals surface area contributed by atoms with E-state index in [4.69, 9.17) is 5.11 Å². The van der Waals surface area contributed by atoms with Crippen LogP contribution in [0.2, 0.25) is 0 Å². The number of piperazine rings is 1. The third-order valence-electron chi connectivity index (χ3n) is 3.09. The van der Waals surface area contributed by atoms with E-state index in [1.54, 1.807) is 19.1 Å². The molecule has 98 valence electrons. The fourth-order valence-electron chi connectivity index (χ4n) is 1.93. The lowest BCUT2D eigenvalue weighted by Crippen LogP contribution is -2.47. The van der Waals surface area contributed by atoms with E-state index in [2.05, 4.69) is 27.4 Å². The van der Waals surface area contributed by atoms with Gasteiger partial charge in [-0.15, -0.1) is 0 Å². The van der Waals surface area contributed by atoms with Gasteiger partial charge in [-0.3, -0.25) is 0 Å². The molecular formula is C12H18N4O2. The molecule has 0 spiro atoms. The Labute approximate surface area is 106 Å². The molecule has 0 radical (unpaired) electrons. The molecule has 0 atom stereocenters. The molecule has 0 amide bonds. The van der Waals surface area contributed by atoms with E-state index in [-0.39, 0.29) is 5.56 Å². The van der Waals surface area contributed by atoms with Gasteiger partial charge in [0, 0.05) is 26.2 Å². The molecule has 0 saturated carbocycles. The summed E-state index contributed by atoms with van der Waals surface area (Å²) in [5.74, 6) is -0.242. The molecule has 1 aromatic rings. The van der Waals surface area contributed by atoms with Crippen LogP contribution < -0.4 is 5.43 Å². The number of pyridine rings is 1. The third-order valence-corrected chi connectivity index (χ3v) is 3.09. The Morgan fingerprint density at radius 3 is 2.56 bits per heavy atom. The van der Waals surface area contributed by atoms with Gasteiger partial charge < -0.3 is 15.4 Å². The molecule has 18 heavy (non-hydrogen) atoms. The van der Waals surface area contributed by atoms with Crippen molar-refractivity contribution in [3.63, 3.8) is 0 Å². The van der Waals surface area contributed by atoms with Crippen LogP contribution in [0.1, 0.15) is 16.1 Å². The molecular weight excluding hydrogens is 232 g/mol. The fourth-order valence-corrected chi connectivity index (χ4v) is 1.93. The maximum atomic E-state index is 10.9. The number of hydrogen-bond acceptors (Lipinski definition) is 5. The smallest absolute Gasteiger partial charge is 0.337 e. The van der Waals surface area contributed by atoms with Gasteiger partial charge in [0.15, 0.2) is 0 Å². The van der Waals surface area contributed by atoms with Crippen molar-refractivity contribution >= 4 is 11.8 Å².